The lowest BCUT2D eigenvalue weighted by atomic mass is 10.3. The van der Waals surface area contributed by atoms with Crippen LogP contribution in [0.5, 0.6) is 0 Å². The van der Waals surface area contributed by atoms with Crippen LogP contribution < -0.4 is 9.80 Å². The Balaban J connectivity index is 1.73. The molecular weight excluding hydrogens is 406 g/mol. The van der Waals surface area contributed by atoms with Crippen LogP contribution in [0.3, 0.4) is 0 Å². The van der Waals surface area contributed by atoms with E-state index in [1.807, 2.05) is 40.7 Å². The molecule has 0 N–H and O–H groups in total. The summed E-state index contributed by atoms with van der Waals surface area (Å²) in [6, 6.07) is 3.30. The number of pyridine rings is 1. The molecule has 7 nitrogen and oxygen atoms in total. The first-order chi connectivity index (χ1) is 13.7. The van der Waals surface area contributed by atoms with Gasteiger partial charge in [0.1, 0.15) is 10.7 Å². The molecule has 160 valence electrons. The molecular formula is C20H31N5O2S2. The number of rotatable bonds is 6. The molecule has 1 saturated heterocycles. The number of hydrogen-bond donors (Lipinski definition) is 0. The van der Waals surface area contributed by atoms with Crippen LogP contribution >= 0.6 is 11.3 Å². The lowest BCUT2D eigenvalue weighted by Gasteiger charge is -2.29. The number of nitrogens with zero attached hydrogens (tertiary/aromatic N) is 5. The summed E-state index contributed by atoms with van der Waals surface area (Å²) in [5.74, 6) is 0.821. The molecule has 0 bridgehead atoms. The van der Waals surface area contributed by atoms with Crippen molar-refractivity contribution < 1.29 is 8.42 Å². The second-order valence-electron chi connectivity index (χ2n) is 7.97. The largest absolute Gasteiger partial charge is 0.355 e. The van der Waals surface area contributed by atoms with E-state index in [4.69, 9.17) is 0 Å². The number of thiazole rings is 1. The second kappa shape index (κ2) is 8.97. The fraction of sp³-hybridized carbons (Fsp3) is 0.600. The molecule has 0 spiro atoms. The van der Waals surface area contributed by atoms with Crippen molar-refractivity contribution in [3.05, 3.63) is 29.4 Å². The van der Waals surface area contributed by atoms with Crippen molar-refractivity contribution >= 4 is 32.3 Å². The zero-order valence-corrected chi connectivity index (χ0v) is 19.5. The predicted molar refractivity (Wildman–Crippen MR) is 119 cm³/mol. The maximum absolute atomic E-state index is 13.0. The van der Waals surface area contributed by atoms with Gasteiger partial charge >= 0.3 is 0 Å². The van der Waals surface area contributed by atoms with Crippen LogP contribution in [0.4, 0.5) is 10.9 Å². The van der Waals surface area contributed by atoms with Crippen molar-refractivity contribution in [2.45, 2.75) is 58.0 Å². The molecule has 0 radical (unpaired) electrons. The highest BCUT2D eigenvalue weighted by Gasteiger charge is 2.30. The topological polar surface area (TPSA) is 69.6 Å². The Morgan fingerprint density at radius 2 is 1.69 bits per heavy atom. The molecule has 29 heavy (non-hydrogen) atoms. The van der Waals surface area contributed by atoms with Crippen LogP contribution in [0.15, 0.2) is 28.6 Å². The van der Waals surface area contributed by atoms with Crippen molar-refractivity contribution in [3.63, 3.8) is 0 Å². The van der Waals surface area contributed by atoms with E-state index >= 15 is 0 Å². The van der Waals surface area contributed by atoms with Crippen LogP contribution in [0.1, 0.15) is 39.8 Å². The number of aromatic nitrogens is 2. The summed E-state index contributed by atoms with van der Waals surface area (Å²) in [6.07, 6.45) is 2.50. The first-order valence-electron chi connectivity index (χ1n) is 10.1. The van der Waals surface area contributed by atoms with Gasteiger partial charge in [-0.3, -0.25) is 0 Å². The molecule has 2 aromatic heterocycles. The average Bonchev–Trinajstić information content (AvgIpc) is 2.93. The first kappa shape index (κ1) is 22.0. The van der Waals surface area contributed by atoms with Crippen molar-refractivity contribution in [1.29, 1.82) is 0 Å². The van der Waals surface area contributed by atoms with Gasteiger partial charge < -0.3 is 9.80 Å². The number of hydrogen-bond acceptors (Lipinski definition) is 7. The van der Waals surface area contributed by atoms with Crippen molar-refractivity contribution in [1.82, 2.24) is 14.3 Å². The first-order valence-corrected chi connectivity index (χ1v) is 12.4. The Bertz CT molecular complexity index is 901. The molecule has 0 aromatic carbocycles. The van der Waals surface area contributed by atoms with Gasteiger partial charge in [0, 0.05) is 49.8 Å². The Kier molecular flexibility index (Phi) is 6.80. The third kappa shape index (κ3) is 4.90. The molecule has 0 amide bonds. The van der Waals surface area contributed by atoms with Gasteiger partial charge in [-0.05, 0) is 53.2 Å². The fourth-order valence-corrected chi connectivity index (χ4v) is 6.45. The highest BCUT2D eigenvalue weighted by atomic mass is 32.2. The van der Waals surface area contributed by atoms with Crippen LogP contribution in [0, 0.1) is 6.92 Å². The summed E-state index contributed by atoms with van der Waals surface area (Å²) in [4.78, 5) is 13.9. The van der Waals surface area contributed by atoms with Crippen molar-refractivity contribution in [2.75, 3.05) is 36.0 Å². The SMILES string of the molecule is Cc1csc(N2CCCN(c3ccc(S(=O)(=O)N(C(C)C)C(C)C)cn3)CC2)n1. The fourth-order valence-electron chi connectivity index (χ4n) is 3.81. The summed E-state index contributed by atoms with van der Waals surface area (Å²) in [7, 11) is -3.56. The summed E-state index contributed by atoms with van der Waals surface area (Å²) >= 11 is 1.68. The highest BCUT2D eigenvalue weighted by Crippen LogP contribution is 2.25. The van der Waals surface area contributed by atoms with Gasteiger partial charge in [-0.15, -0.1) is 11.3 Å². The second-order valence-corrected chi connectivity index (χ2v) is 10.7. The van der Waals surface area contributed by atoms with Gasteiger partial charge in [-0.25, -0.2) is 18.4 Å². The third-order valence-corrected chi connectivity index (χ3v) is 8.27. The molecule has 1 aliphatic rings. The van der Waals surface area contributed by atoms with E-state index < -0.39 is 10.0 Å². The van der Waals surface area contributed by atoms with Crippen LogP contribution in [-0.4, -0.2) is 61.0 Å². The molecule has 9 heteroatoms. The lowest BCUT2D eigenvalue weighted by Crippen LogP contribution is -2.42. The van der Waals surface area contributed by atoms with Crippen LogP contribution in [-0.2, 0) is 10.0 Å². The standard InChI is InChI=1S/C20H31N5O2S2/c1-15(2)25(16(3)4)29(26,27)18-7-8-19(21-13-18)23-9-6-10-24(12-11-23)20-22-17(5)14-28-20/h7-8,13-16H,6,9-12H2,1-5H3. The van der Waals surface area contributed by atoms with E-state index in [0.29, 0.717) is 0 Å². The van der Waals surface area contributed by atoms with E-state index in [2.05, 4.69) is 25.1 Å². The summed E-state index contributed by atoms with van der Waals surface area (Å²) in [5, 5.41) is 3.15. The third-order valence-electron chi connectivity index (χ3n) is 5.01. The Labute approximate surface area is 178 Å². The minimum atomic E-state index is -3.56. The monoisotopic (exact) mass is 437 g/mol. The minimum absolute atomic E-state index is 0.106. The molecule has 0 aliphatic carbocycles. The highest BCUT2D eigenvalue weighted by molar-refractivity contribution is 7.89. The molecule has 0 unspecified atom stereocenters. The molecule has 3 heterocycles. The van der Waals surface area contributed by atoms with E-state index in [-0.39, 0.29) is 17.0 Å². The van der Waals surface area contributed by atoms with Crippen LogP contribution in [0.25, 0.3) is 0 Å². The van der Waals surface area contributed by atoms with Gasteiger partial charge in [0.2, 0.25) is 10.0 Å². The Hall–Kier alpha value is -1.71. The smallest absolute Gasteiger partial charge is 0.245 e. The predicted octanol–water partition coefficient (Wildman–Crippen LogP) is 3.37. The van der Waals surface area contributed by atoms with Crippen molar-refractivity contribution in [3.8, 4) is 0 Å². The Morgan fingerprint density at radius 3 is 2.24 bits per heavy atom. The lowest BCUT2D eigenvalue weighted by molar-refractivity contribution is 0.302. The summed E-state index contributed by atoms with van der Waals surface area (Å²) < 4.78 is 27.6. The van der Waals surface area contributed by atoms with Gasteiger partial charge in [0.05, 0.1) is 5.69 Å². The summed E-state index contributed by atoms with van der Waals surface area (Å²) in [5.41, 5.74) is 1.06. The minimum Gasteiger partial charge on any atom is -0.355 e. The quantitative estimate of drug-likeness (QED) is 0.690. The van der Waals surface area contributed by atoms with E-state index in [1.54, 1.807) is 17.4 Å². The molecule has 1 fully saturated rings. The molecule has 0 atom stereocenters. The molecule has 2 aromatic rings. The number of sulfonamides is 1. The molecule has 0 saturated carbocycles. The normalized spacial score (nSPS) is 16.1. The van der Waals surface area contributed by atoms with Gasteiger partial charge in [0.25, 0.3) is 0 Å². The van der Waals surface area contributed by atoms with Crippen LogP contribution in [0.2, 0.25) is 0 Å². The zero-order chi connectivity index (χ0) is 21.2. The molecule has 3 rings (SSSR count). The maximum Gasteiger partial charge on any atom is 0.245 e. The average molecular weight is 438 g/mol. The Morgan fingerprint density at radius 1 is 1.03 bits per heavy atom. The van der Waals surface area contributed by atoms with E-state index in [9.17, 15) is 8.42 Å². The maximum atomic E-state index is 13.0. The summed E-state index contributed by atoms with van der Waals surface area (Å²) in [6.45, 7) is 13.2. The van der Waals surface area contributed by atoms with Gasteiger partial charge in [-0.2, -0.15) is 4.31 Å². The zero-order valence-electron chi connectivity index (χ0n) is 17.9. The van der Waals surface area contributed by atoms with Gasteiger partial charge in [0.15, 0.2) is 5.13 Å². The van der Waals surface area contributed by atoms with E-state index in [1.165, 1.54) is 10.5 Å². The van der Waals surface area contributed by atoms with Gasteiger partial charge in [-0.1, -0.05) is 0 Å². The van der Waals surface area contributed by atoms with Crippen molar-refractivity contribution in [2.24, 2.45) is 0 Å². The molecule has 1 aliphatic heterocycles. The number of aryl methyl sites for hydroxylation is 1. The van der Waals surface area contributed by atoms with E-state index in [0.717, 1.165) is 49.2 Å². The number of anilines is 2.